The molecule has 9 nitrogen and oxygen atoms in total. The molecule has 1 N–H and O–H groups in total. The fourth-order valence-corrected chi connectivity index (χ4v) is 3.97. The zero-order valence-electron chi connectivity index (χ0n) is 15.7. The Labute approximate surface area is 163 Å². The third-order valence-electron chi connectivity index (χ3n) is 3.99. The quantitative estimate of drug-likeness (QED) is 0.531. The first-order valence-corrected chi connectivity index (χ1v) is 10.2. The number of hydrogen-bond acceptors (Lipinski definition) is 6. The van der Waals surface area contributed by atoms with E-state index in [1.165, 1.54) is 19.2 Å². The number of nitrogens with zero attached hydrogens (tertiary/aromatic N) is 2. The van der Waals surface area contributed by atoms with Gasteiger partial charge < -0.3 is 10.1 Å². The number of non-ortho nitro benzene ring substituents is 1. The van der Waals surface area contributed by atoms with Crippen molar-refractivity contribution >= 4 is 33.0 Å². The third kappa shape index (κ3) is 4.77. The molecule has 0 heterocycles. The van der Waals surface area contributed by atoms with E-state index < -0.39 is 26.9 Å². The van der Waals surface area contributed by atoms with Crippen molar-refractivity contribution in [1.29, 1.82) is 0 Å². The average Bonchev–Trinajstić information content (AvgIpc) is 2.65. The molecule has 0 aliphatic carbocycles. The maximum atomic E-state index is 12.9. The summed E-state index contributed by atoms with van der Waals surface area (Å²) in [7, 11) is -2.41. The fraction of sp³-hybridized carbons (Fsp3) is 0.278. The van der Waals surface area contributed by atoms with Crippen LogP contribution in [0.1, 0.15) is 13.3 Å². The topological polar surface area (TPSA) is 119 Å². The largest absolute Gasteiger partial charge is 0.495 e. The molecule has 2 aromatic rings. The van der Waals surface area contributed by atoms with Crippen LogP contribution in [0.25, 0.3) is 0 Å². The zero-order chi connectivity index (χ0) is 20.9. The number of carbonyl (C=O) groups excluding carboxylic acids is 1. The second-order valence-electron chi connectivity index (χ2n) is 5.95. The van der Waals surface area contributed by atoms with Crippen LogP contribution in [0.3, 0.4) is 0 Å². The Hall–Kier alpha value is -3.14. The summed E-state index contributed by atoms with van der Waals surface area (Å²) in [6.45, 7) is 1.68. The number of carbonyl (C=O) groups is 1. The van der Waals surface area contributed by atoms with E-state index >= 15 is 0 Å². The molecule has 10 heteroatoms. The number of nitrogens with one attached hydrogen (secondary N) is 1. The van der Waals surface area contributed by atoms with E-state index in [-0.39, 0.29) is 23.5 Å². The molecule has 0 bridgehead atoms. The van der Waals surface area contributed by atoms with Gasteiger partial charge in [-0.3, -0.25) is 19.2 Å². The van der Waals surface area contributed by atoms with Crippen molar-refractivity contribution in [3.8, 4) is 5.75 Å². The standard InChI is InChI=1S/C18H21N3O6S/c1-4-16(20(28(3,25)26)13-8-6-5-7-9-13)18(22)19-15-12-14(21(23)24)10-11-17(15)27-2/h5-12,16H,4H2,1-3H3,(H,19,22)/t16-/m1/s1. The Morgan fingerprint density at radius 2 is 1.89 bits per heavy atom. The van der Waals surface area contributed by atoms with Gasteiger partial charge in [-0.05, 0) is 24.6 Å². The van der Waals surface area contributed by atoms with Crippen LogP contribution in [0, 0.1) is 10.1 Å². The van der Waals surface area contributed by atoms with Gasteiger partial charge in [0.15, 0.2) is 0 Å². The number of sulfonamides is 1. The first-order valence-electron chi connectivity index (χ1n) is 8.36. The van der Waals surface area contributed by atoms with Crippen molar-refractivity contribution in [3.63, 3.8) is 0 Å². The van der Waals surface area contributed by atoms with Crippen LogP contribution in [0.2, 0.25) is 0 Å². The number of rotatable bonds is 8. The second-order valence-corrected chi connectivity index (χ2v) is 7.81. The fourth-order valence-electron chi connectivity index (χ4n) is 2.76. The maximum Gasteiger partial charge on any atom is 0.271 e. The summed E-state index contributed by atoms with van der Waals surface area (Å²) in [4.78, 5) is 23.3. The van der Waals surface area contributed by atoms with Gasteiger partial charge >= 0.3 is 0 Å². The molecule has 1 amide bonds. The number of hydrogen-bond donors (Lipinski definition) is 1. The molecule has 0 radical (unpaired) electrons. The van der Waals surface area contributed by atoms with Crippen LogP contribution in [-0.2, 0) is 14.8 Å². The van der Waals surface area contributed by atoms with Gasteiger partial charge in [-0.2, -0.15) is 0 Å². The zero-order valence-corrected chi connectivity index (χ0v) is 16.5. The number of ether oxygens (including phenoxy) is 1. The van der Waals surface area contributed by atoms with Crippen LogP contribution in [0.15, 0.2) is 48.5 Å². The monoisotopic (exact) mass is 407 g/mol. The van der Waals surface area contributed by atoms with Crippen molar-refractivity contribution in [2.75, 3.05) is 23.0 Å². The number of amides is 1. The minimum atomic E-state index is -3.77. The highest BCUT2D eigenvalue weighted by Gasteiger charge is 2.32. The molecule has 0 aromatic heterocycles. The Morgan fingerprint density at radius 1 is 1.25 bits per heavy atom. The van der Waals surface area contributed by atoms with E-state index in [0.717, 1.165) is 16.6 Å². The maximum absolute atomic E-state index is 12.9. The van der Waals surface area contributed by atoms with E-state index in [0.29, 0.717) is 5.69 Å². The van der Waals surface area contributed by atoms with E-state index in [1.54, 1.807) is 37.3 Å². The lowest BCUT2D eigenvalue weighted by Gasteiger charge is -2.30. The molecule has 0 aliphatic rings. The van der Waals surface area contributed by atoms with Gasteiger partial charge in [0.2, 0.25) is 15.9 Å². The summed E-state index contributed by atoms with van der Waals surface area (Å²) in [6.07, 6.45) is 1.20. The van der Waals surface area contributed by atoms with Crippen molar-refractivity contribution in [2.24, 2.45) is 0 Å². The number of para-hydroxylation sites is 1. The summed E-state index contributed by atoms with van der Waals surface area (Å²) in [5, 5.41) is 13.6. The van der Waals surface area contributed by atoms with Gasteiger partial charge in [-0.1, -0.05) is 25.1 Å². The van der Waals surface area contributed by atoms with Gasteiger partial charge in [0.05, 0.1) is 29.7 Å². The highest BCUT2D eigenvalue weighted by molar-refractivity contribution is 7.92. The predicted octanol–water partition coefficient (Wildman–Crippen LogP) is 2.79. The van der Waals surface area contributed by atoms with Crippen molar-refractivity contribution in [3.05, 3.63) is 58.6 Å². The summed E-state index contributed by atoms with van der Waals surface area (Å²) in [5.41, 5.74) is 0.201. The Morgan fingerprint density at radius 3 is 2.39 bits per heavy atom. The molecule has 0 aliphatic heterocycles. The molecule has 0 saturated heterocycles. The Kier molecular flexibility index (Phi) is 6.57. The van der Waals surface area contributed by atoms with E-state index in [9.17, 15) is 23.3 Å². The molecule has 150 valence electrons. The molecule has 1 atom stereocenters. The van der Waals surface area contributed by atoms with Crippen LogP contribution < -0.4 is 14.4 Å². The summed E-state index contributed by atoms with van der Waals surface area (Å²) >= 11 is 0. The lowest BCUT2D eigenvalue weighted by atomic mass is 10.1. The third-order valence-corrected chi connectivity index (χ3v) is 5.17. The van der Waals surface area contributed by atoms with Crippen molar-refractivity contribution < 1.29 is 22.9 Å². The highest BCUT2D eigenvalue weighted by atomic mass is 32.2. The van der Waals surface area contributed by atoms with Gasteiger partial charge in [-0.25, -0.2) is 8.42 Å². The lowest BCUT2D eigenvalue weighted by molar-refractivity contribution is -0.384. The molecule has 28 heavy (non-hydrogen) atoms. The van der Waals surface area contributed by atoms with E-state index in [4.69, 9.17) is 4.74 Å². The minimum Gasteiger partial charge on any atom is -0.495 e. The molecule has 0 unspecified atom stereocenters. The second kappa shape index (κ2) is 8.70. The van der Waals surface area contributed by atoms with Crippen LogP contribution in [0.5, 0.6) is 5.75 Å². The number of nitro benzene ring substituents is 1. The summed E-state index contributed by atoms with van der Waals surface area (Å²) in [6, 6.07) is 11.0. The first kappa shape index (κ1) is 21.2. The Balaban J connectivity index is 2.42. The van der Waals surface area contributed by atoms with Crippen molar-refractivity contribution in [1.82, 2.24) is 0 Å². The molecule has 2 rings (SSSR count). The van der Waals surface area contributed by atoms with Crippen molar-refractivity contribution in [2.45, 2.75) is 19.4 Å². The molecule has 0 spiro atoms. The number of methoxy groups -OCH3 is 1. The molecule has 0 saturated carbocycles. The summed E-state index contributed by atoms with van der Waals surface area (Å²) < 4.78 is 30.9. The molecule has 0 fully saturated rings. The minimum absolute atomic E-state index is 0.0849. The number of nitro groups is 1. The Bertz CT molecular complexity index is 963. The smallest absolute Gasteiger partial charge is 0.271 e. The van der Waals surface area contributed by atoms with Gasteiger partial charge in [0.25, 0.3) is 5.69 Å². The summed E-state index contributed by atoms with van der Waals surface area (Å²) in [5.74, 6) is -0.407. The predicted molar refractivity (Wildman–Crippen MR) is 106 cm³/mol. The van der Waals surface area contributed by atoms with Crippen LogP contribution in [-0.4, -0.2) is 38.7 Å². The highest BCUT2D eigenvalue weighted by Crippen LogP contribution is 2.30. The molecular weight excluding hydrogens is 386 g/mol. The van der Waals surface area contributed by atoms with E-state index in [2.05, 4.69) is 5.32 Å². The SMILES string of the molecule is CC[C@H](C(=O)Nc1cc([N+](=O)[O-])ccc1OC)N(c1ccccc1)S(C)(=O)=O. The van der Waals surface area contributed by atoms with Gasteiger partial charge in [-0.15, -0.1) is 0 Å². The molecular formula is C18H21N3O6S. The number of benzene rings is 2. The normalized spacial score (nSPS) is 12.1. The van der Waals surface area contributed by atoms with E-state index in [1.807, 2.05) is 0 Å². The van der Waals surface area contributed by atoms with Gasteiger partial charge in [0.1, 0.15) is 11.8 Å². The lowest BCUT2D eigenvalue weighted by Crippen LogP contribution is -2.47. The first-order chi connectivity index (χ1) is 13.2. The number of anilines is 2. The van der Waals surface area contributed by atoms with Crippen LogP contribution in [0.4, 0.5) is 17.1 Å². The van der Waals surface area contributed by atoms with Crippen LogP contribution >= 0.6 is 0 Å². The van der Waals surface area contributed by atoms with Gasteiger partial charge in [0, 0.05) is 12.1 Å². The average molecular weight is 407 g/mol. The molecule has 2 aromatic carbocycles.